The summed E-state index contributed by atoms with van der Waals surface area (Å²) in [6, 6.07) is 2.04. The van der Waals surface area contributed by atoms with Gasteiger partial charge in [-0.05, 0) is 25.9 Å². The first kappa shape index (κ1) is 13.6. The average Bonchev–Trinajstić information content (AvgIpc) is 2.57. The fourth-order valence-electron chi connectivity index (χ4n) is 2.13. The predicted molar refractivity (Wildman–Crippen MR) is 75.2 cm³/mol. The van der Waals surface area contributed by atoms with Crippen LogP contribution in [0, 0.1) is 11.3 Å². The van der Waals surface area contributed by atoms with Crippen molar-refractivity contribution in [2.24, 2.45) is 0 Å². The first-order chi connectivity index (χ1) is 8.79. The fraction of sp³-hybridized carbons (Fsp3) is 0.667. The molecule has 0 amide bonds. The van der Waals surface area contributed by atoms with Crippen LogP contribution in [0.4, 0.5) is 5.13 Å². The minimum atomic E-state index is 0.305. The van der Waals surface area contributed by atoms with Crippen LogP contribution in [0.1, 0.15) is 30.6 Å². The molecule has 0 saturated carbocycles. The number of hydrogen-bond donors (Lipinski definition) is 1. The highest BCUT2D eigenvalue weighted by Crippen LogP contribution is 2.25. The maximum Gasteiger partial charge on any atom is 0.185 e. The van der Waals surface area contributed by atoms with Crippen molar-refractivity contribution in [2.45, 2.75) is 25.7 Å². The number of hydrogen-bond acceptors (Lipinski definition) is 5. The number of nitrogens with one attached hydrogen (secondary N) is 1. The molecule has 2 rings (SSSR count). The van der Waals surface area contributed by atoms with Crippen LogP contribution in [0.3, 0.4) is 0 Å². The Morgan fingerprint density at radius 1 is 1.33 bits per heavy atom. The second-order valence-corrected chi connectivity index (χ2v) is 5.79. The second kappa shape index (κ2) is 6.93. The van der Waals surface area contributed by atoms with Crippen molar-refractivity contribution in [1.29, 1.82) is 5.26 Å². The molecule has 1 aliphatic heterocycles. The maximum atomic E-state index is 8.79. The van der Waals surface area contributed by atoms with E-state index in [0.717, 1.165) is 18.2 Å². The average molecular weight is 285 g/mol. The van der Waals surface area contributed by atoms with Crippen molar-refractivity contribution in [3.8, 4) is 6.07 Å². The number of likely N-dealkylation sites (tertiary alicyclic amines) is 1. The largest absolute Gasteiger partial charge is 0.360 e. The molecule has 4 nitrogen and oxygen atoms in total. The van der Waals surface area contributed by atoms with Crippen LogP contribution in [0.5, 0.6) is 0 Å². The summed E-state index contributed by atoms with van der Waals surface area (Å²) in [6.07, 6.45) is 5.33. The van der Waals surface area contributed by atoms with Gasteiger partial charge in [0.1, 0.15) is 10.9 Å². The predicted octanol–water partition coefficient (Wildman–Crippen LogP) is 2.96. The zero-order chi connectivity index (χ0) is 12.8. The molecule has 1 aromatic heterocycles. The van der Waals surface area contributed by atoms with Crippen LogP contribution in [0.2, 0.25) is 5.15 Å². The zero-order valence-corrected chi connectivity index (χ0v) is 11.9. The van der Waals surface area contributed by atoms with E-state index in [1.54, 1.807) is 0 Å². The van der Waals surface area contributed by atoms with E-state index < -0.39 is 0 Å². The summed E-state index contributed by atoms with van der Waals surface area (Å²) in [6.45, 7) is 4.28. The smallest absolute Gasteiger partial charge is 0.185 e. The first-order valence-electron chi connectivity index (χ1n) is 6.32. The first-order valence-corrected chi connectivity index (χ1v) is 7.51. The van der Waals surface area contributed by atoms with E-state index in [0.29, 0.717) is 10.0 Å². The molecule has 0 spiro atoms. The fourth-order valence-corrected chi connectivity index (χ4v) is 3.10. The van der Waals surface area contributed by atoms with Crippen LogP contribution in [0.25, 0.3) is 0 Å². The van der Waals surface area contributed by atoms with Crippen LogP contribution in [-0.4, -0.2) is 36.1 Å². The molecule has 1 saturated heterocycles. The van der Waals surface area contributed by atoms with E-state index in [4.69, 9.17) is 16.9 Å². The Bertz CT molecular complexity index is 418. The molecule has 6 heteroatoms. The summed E-state index contributed by atoms with van der Waals surface area (Å²) in [4.78, 5) is 7.08. The number of anilines is 1. The van der Waals surface area contributed by atoms with Crippen molar-refractivity contribution in [2.75, 3.05) is 31.5 Å². The van der Waals surface area contributed by atoms with Gasteiger partial charge in [-0.1, -0.05) is 35.8 Å². The van der Waals surface area contributed by atoms with Gasteiger partial charge in [0.25, 0.3) is 0 Å². The van der Waals surface area contributed by atoms with Gasteiger partial charge >= 0.3 is 0 Å². The van der Waals surface area contributed by atoms with E-state index in [2.05, 4.69) is 15.2 Å². The van der Waals surface area contributed by atoms with Crippen molar-refractivity contribution in [3.63, 3.8) is 0 Å². The normalized spacial score (nSPS) is 17.1. The Hall–Kier alpha value is -0.830. The van der Waals surface area contributed by atoms with E-state index in [-0.39, 0.29) is 0 Å². The summed E-state index contributed by atoms with van der Waals surface area (Å²) in [5, 5.41) is 13.1. The Morgan fingerprint density at radius 2 is 2.06 bits per heavy atom. The molecule has 98 valence electrons. The van der Waals surface area contributed by atoms with Crippen molar-refractivity contribution in [1.82, 2.24) is 9.88 Å². The number of aromatic nitrogens is 1. The molecule has 0 atom stereocenters. The third-order valence-corrected chi connectivity index (χ3v) is 4.39. The molecule has 0 aromatic carbocycles. The molecule has 1 aromatic rings. The molecular formula is C12H17ClN4S. The third-order valence-electron chi connectivity index (χ3n) is 3.09. The number of nitrogens with zero attached hydrogens (tertiary/aromatic N) is 3. The molecule has 0 radical (unpaired) electrons. The summed E-state index contributed by atoms with van der Waals surface area (Å²) in [5.41, 5.74) is 0. The summed E-state index contributed by atoms with van der Waals surface area (Å²) >= 11 is 7.14. The van der Waals surface area contributed by atoms with Gasteiger partial charge in [0.15, 0.2) is 10.3 Å². The summed E-state index contributed by atoms with van der Waals surface area (Å²) < 4.78 is 0. The van der Waals surface area contributed by atoms with Gasteiger partial charge in [-0.2, -0.15) is 5.26 Å². The Morgan fingerprint density at radius 3 is 2.67 bits per heavy atom. The maximum absolute atomic E-state index is 8.79. The lowest BCUT2D eigenvalue weighted by Gasteiger charge is -2.19. The molecule has 0 bridgehead atoms. The van der Waals surface area contributed by atoms with Gasteiger partial charge in [0, 0.05) is 13.1 Å². The van der Waals surface area contributed by atoms with E-state index in [1.165, 1.54) is 50.1 Å². The van der Waals surface area contributed by atoms with Gasteiger partial charge < -0.3 is 10.2 Å². The van der Waals surface area contributed by atoms with E-state index in [1.807, 2.05) is 6.07 Å². The minimum absolute atomic E-state index is 0.305. The number of nitriles is 1. The number of thiazole rings is 1. The van der Waals surface area contributed by atoms with Crippen LogP contribution >= 0.6 is 22.9 Å². The van der Waals surface area contributed by atoms with Crippen molar-refractivity contribution in [3.05, 3.63) is 10.0 Å². The van der Waals surface area contributed by atoms with Crippen molar-refractivity contribution >= 4 is 28.1 Å². The molecule has 1 aliphatic rings. The number of halogens is 1. The molecular weight excluding hydrogens is 268 g/mol. The van der Waals surface area contributed by atoms with Crippen LogP contribution < -0.4 is 5.32 Å². The van der Waals surface area contributed by atoms with Crippen LogP contribution in [-0.2, 0) is 0 Å². The molecule has 18 heavy (non-hydrogen) atoms. The highest BCUT2D eigenvalue weighted by Gasteiger charge is 2.10. The third kappa shape index (κ3) is 3.84. The second-order valence-electron chi connectivity index (χ2n) is 4.43. The highest BCUT2D eigenvalue weighted by atomic mass is 35.5. The molecule has 0 unspecified atom stereocenters. The lowest BCUT2D eigenvalue weighted by atomic mass is 10.2. The monoisotopic (exact) mass is 284 g/mol. The quantitative estimate of drug-likeness (QED) is 0.923. The molecule has 1 fully saturated rings. The lowest BCUT2D eigenvalue weighted by molar-refractivity contribution is 0.296. The Kier molecular flexibility index (Phi) is 5.24. The summed E-state index contributed by atoms with van der Waals surface area (Å²) in [7, 11) is 0. The van der Waals surface area contributed by atoms with Gasteiger partial charge in [-0.25, -0.2) is 4.98 Å². The van der Waals surface area contributed by atoms with Gasteiger partial charge in [0.05, 0.1) is 0 Å². The highest BCUT2D eigenvalue weighted by molar-refractivity contribution is 7.16. The van der Waals surface area contributed by atoms with Gasteiger partial charge in [-0.15, -0.1) is 0 Å². The Balaban J connectivity index is 1.75. The molecule has 2 heterocycles. The number of rotatable bonds is 4. The lowest BCUT2D eigenvalue weighted by Crippen LogP contribution is -2.29. The molecule has 0 aliphatic carbocycles. The minimum Gasteiger partial charge on any atom is -0.360 e. The van der Waals surface area contributed by atoms with Crippen molar-refractivity contribution < 1.29 is 0 Å². The van der Waals surface area contributed by atoms with Gasteiger partial charge in [0.2, 0.25) is 0 Å². The standard InChI is InChI=1S/C12H17ClN4S/c13-11-10(9-14)18-12(16-11)15-5-8-17-6-3-1-2-4-7-17/h1-8H2,(H,15,16). The molecule has 1 N–H and O–H groups in total. The van der Waals surface area contributed by atoms with E-state index >= 15 is 0 Å². The zero-order valence-electron chi connectivity index (χ0n) is 10.3. The topological polar surface area (TPSA) is 52.0 Å². The van der Waals surface area contributed by atoms with Crippen LogP contribution in [0.15, 0.2) is 0 Å². The Labute approximate surface area is 117 Å². The SMILES string of the molecule is N#Cc1sc(NCCN2CCCCCC2)nc1Cl. The van der Waals surface area contributed by atoms with E-state index in [9.17, 15) is 0 Å². The van der Waals surface area contributed by atoms with Gasteiger partial charge in [-0.3, -0.25) is 0 Å². The summed E-state index contributed by atoms with van der Waals surface area (Å²) in [5.74, 6) is 0.